The Balaban J connectivity index is 4.12. The topological polar surface area (TPSA) is 70.0 Å². The summed E-state index contributed by atoms with van der Waals surface area (Å²) < 4.78 is 4.85. The summed E-state index contributed by atoms with van der Waals surface area (Å²) in [5.41, 5.74) is -0.646. The zero-order valence-corrected chi connectivity index (χ0v) is 8.44. The first-order chi connectivity index (χ1) is 5.78. The first-order valence-corrected chi connectivity index (χ1v) is 4.10. The molecule has 0 heterocycles. The highest BCUT2D eigenvalue weighted by Gasteiger charge is 2.24. The monoisotopic (exact) mass is 191 g/mol. The Kier molecular flexibility index (Phi) is 4.16. The summed E-state index contributed by atoms with van der Waals surface area (Å²) >= 11 is 0. The van der Waals surface area contributed by atoms with Gasteiger partial charge in [-0.05, 0) is 27.7 Å². The van der Waals surface area contributed by atoms with Crippen molar-refractivity contribution in [3.05, 3.63) is 0 Å². The van der Waals surface area contributed by atoms with Gasteiger partial charge in [0.1, 0.15) is 5.60 Å². The van der Waals surface area contributed by atoms with Crippen LogP contribution in [0.2, 0.25) is 0 Å². The molecule has 78 valence electrons. The Hall–Kier alpha value is -0.810. The minimum atomic E-state index is -0.853. The third kappa shape index (κ3) is 4.69. The maximum atomic E-state index is 11.1. The van der Waals surface area contributed by atoms with E-state index in [9.17, 15) is 4.79 Å². The maximum Gasteiger partial charge on any atom is 0.434 e. The van der Waals surface area contributed by atoms with Gasteiger partial charge in [0.05, 0.1) is 12.6 Å². The van der Waals surface area contributed by atoms with Gasteiger partial charge >= 0.3 is 6.09 Å². The van der Waals surface area contributed by atoms with E-state index in [1.165, 1.54) is 6.92 Å². The fourth-order valence-corrected chi connectivity index (χ4v) is 0.566. The van der Waals surface area contributed by atoms with Gasteiger partial charge < -0.3 is 9.84 Å². The van der Waals surface area contributed by atoms with Crippen molar-refractivity contribution in [1.29, 1.82) is 0 Å². The van der Waals surface area contributed by atoms with Gasteiger partial charge in [-0.1, -0.05) is 0 Å². The van der Waals surface area contributed by atoms with Crippen LogP contribution in [0.5, 0.6) is 0 Å². The number of nitrogens with zero attached hydrogens (tertiary/aromatic N) is 1. The van der Waals surface area contributed by atoms with Crippen molar-refractivity contribution in [3.63, 3.8) is 0 Å². The zero-order chi connectivity index (χ0) is 10.6. The molecule has 0 fully saturated rings. The highest BCUT2D eigenvalue weighted by molar-refractivity contribution is 5.66. The van der Waals surface area contributed by atoms with Gasteiger partial charge in [-0.2, -0.15) is 5.06 Å². The number of carbonyl (C=O) groups excluding carboxylic acids is 1. The lowest BCUT2D eigenvalue weighted by Gasteiger charge is -2.25. The van der Waals surface area contributed by atoms with E-state index in [2.05, 4.69) is 0 Å². The van der Waals surface area contributed by atoms with Crippen molar-refractivity contribution in [3.8, 4) is 0 Å². The second kappa shape index (κ2) is 4.43. The van der Waals surface area contributed by atoms with E-state index in [1.54, 1.807) is 20.8 Å². The number of hydrogen-bond acceptors (Lipinski definition) is 4. The van der Waals surface area contributed by atoms with Crippen LogP contribution < -0.4 is 0 Å². The molecule has 0 radical (unpaired) electrons. The van der Waals surface area contributed by atoms with Crippen LogP contribution in [0.4, 0.5) is 4.79 Å². The zero-order valence-electron chi connectivity index (χ0n) is 8.44. The summed E-state index contributed by atoms with van der Waals surface area (Å²) in [6.07, 6.45) is -0.853. The van der Waals surface area contributed by atoms with Crippen LogP contribution >= 0.6 is 0 Å². The minimum absolute atomic E-state index is 0.310. The van der Waals surface area contributed by atoms with Crippen LogP contribution in [0.3, 0.4) is 0 Å². The van der Waals surface area contributed by atoms with Gasteiger partial charge in [0, 0.05) is 0 Å². The molecule has 1 atom stereocenters. The highest BCUT2D eigenvalue weighted by atomic mass is 16.6. The standard InChI is InChI=1S/C8H17NO4/c1-6(5-10)9(12)7(11)13-8(2,3)4/h6,10,12H,5H2,1-4H3/t6-/m0/s1. The molecule has 1 amide bonds. The van der Waals surface area contributed by atoms with Crippen molar-refractivity contribution in [2.45, 2.75) is 39.3 Å². The number of amides is 1. The lowest BCUT2D eigenvalue weighted by molar-refractivity contribution is -0.124. The molecule has 0 spiro atoms. The summed E-state index contributed by atoms with van der Waals surface area (Å²) in [7, 11) is 0. The molecule has 0 saturated carbocycles. The van der Waals surface area contributed by atoms with E-state index in [0.717, 1.165) is 0 Å². The predicted molar refractivity (Wildman–Crippen MR) is 46.4 cm³/mol. The molecule has 0 aliphatic carbocycles. The molecular weight excluding hydrogens is 174 g/mol. The molecule has 5 heteroatoms. The van der Waals surface area contributed by atoms with Crippen molar-refractivity contribution >= 4 is 6.09 Å². The van der Waals surface area contributed by atoms with Crippen LogP contribution in [0.1, 0.15) is 27.7 Å². The first kappa shape index (κ1) is 12.2. The Morgan fingerprint density at radius 2 is 2.00 bits per heavy atom. The molecule has 0 aliphatic rings. The predicted octanol–water partition coefficient (Wildman–Crippen LogP) is 0.994. The number of rotatable bonds is 2. The molecule has 0 unspecified atom stereocenters. The van der Waals surface area contributed by atoms with E-state index in [1.807, 2.05) is 0 Å². The fraction of sp³-hybridized carbons (Fsp3) is 0.875. The highest BCUT2D eigenvalue weighted by Crippen LogP contribution is 2.10. The van der Waals surface area contributed by atoms with E-state index >= 15 is 0 Å². The minimum Gasteiger partial charge on any atom is -0.442 e. The quantitative estimate of drug-likeness (QED) is 0.504. The third-order valence-electron chi connectivity index (χ3n) is 1.26. The SMILES string of the molecule is C[C@@H](CO)N(O)C(=O)OC(C)(C)C. The molecule has 0 saturated heterocycles. The van der Waals surface area contributed by atoms with Gasteiger partial charge in [0.2, 0.25) is 0 Å². The molecule has 13 heavy (non-hydrogen) atoms. The lowest BCUT2D eigenvalue weighted by Crippen LogP contribution is -2.41. The van der Waals surface area contributed by atoms with Gasteiger partial charge in [0.15, 0.2) is 0 Å². The Morgan fingerprint density at radius 3 is 2.31 bits per heavy atom. The van der Waals surface area contributed by atoms with E-state index in [0.29, 0.717) is 5.06 Å². The van der Waals surface area contributed by atoms with Crippen molar-refractivity contribution < 1.29 is 19.8 Å². The number of aliphatic hydroxyl groups excluding tert-OH is 1. The van der Waals surface area contributed by atoms with E-state index in [4.69, 9.17) is 15.1 Å². The van der Waals surface area contributed by atoms with Gasteiger partial charge in [-0.25, -0.2) is 4.79 Å². The number of hydrogen-bond donors (Lipinski definition) is 2. The smallest absolute Gasteiger partial charge is 0.434 e. The molecular formula is C8H17NO4. The Morgan fingerprint density at radius 1 is 1.54 bits per heavy atom. The molecule has 0 aromatic heterocycles. The normalized spacial score (nSPS) is 13.7. The van der Waals surface area contributed by atoms with Crippen molar-refractivity contribution in [2.75, 3.05) is 6.61 Å². The molecule has 0 rings (SSSR count). The van der Waals surface area contributed by atoms with Crippen LogP contribution in [0, 0.1) is 0 Å². The van der Waals surface area contributed by atoms with Crippen molar-refractivity contribution in [1.82, 2.24) is 5.06 Å². The fourth-order valence-electron chi connectivity index (χ4n) is 0.566. The van der Waals surface area contributed by atoms with Gasteiger partial charge in [0.25, 0.3) is 0 Å². The summed E-state index contributed by atoms with van der Waals surface area (Å²) in [5, 5.41) is 18.2. The van der Waals surface area contributed by atoms with Crippen LogP contribution in [-0.4, -0.2) is 39.7 Å². The van der Waals surface area contributed by atoms with Gasteiger partial charge in [-0.3, -0.25) is 5.21 Å². The molecule has 2 N–H and O–H groups in total. The summed E-state index contributed by atoms with van der Waals surface area (Å²) in [4.78, 5) is 11.1. The number of hydroxylamine groups is 2. The third-order valence-corrected chi connectivity index (χ3v) is 1.26. The summed E-state index contributed by atoms with van der Waals surface area (Å²) in [6, 6.07) is -0.658. The summed E-state index contributed by atoms with van der Waals surface area (Å²) in [6.45, 7) is 6.28. The van der Waals surface area contributed by atoms with E-state index in [-0.39, 0.29) is 6.61 Å². The average Bonchev–Trinajstić information content (AvgIpc) is 1.98. The molecule has 0 bridgehead atoms. The molecule has 5 nitrogen and oxygen atoms in total. The van der Waals surface area contributed by atoms with Gasteiger partial charge in [-0.15, -0.1) is 0 Å². The molecule has 0 aliphatic heterocycles. The first-order valence-electron chi connectivity index (χ1n) is 4.10. The molecule has 0 aromatic carbocycles. The number of ether oxygens (including phenoxy) is 1. The molecule has 0 aromatic rings. The van der Waals surface area contributed by atoms with Crippen LogP contribution in [-0.2, 0) is 4.74 Å². The maximum absolute atomic E-state index is 11.1. The summed E-state index contributed by atoms with van der Waals surface area (Å²) in [5.74, 6) is 0. The van der Waals surface area contributed by atoms with Crippen molar-refractivity contribution in [2.24, 2.45) is 0 Å². The second-order valence-corrected chi connectivity index (χ2v) is 3.86. The Labute approximate surface area is 77.9 Å². The lowest BCUT2D eigenvalue weighted by atomic mass is 10.2. The van der Waals surface area contributed by atoms with Crippen LogP contribution in [0.15, 0.2) is 0 Å². The Bertz CT molecular complexity index is 175. The van der Waals surface area contributed by atoms with E-state index < -0.39 is 17.7 Å². The average molecular weight is 191 g/mol. The van der Waals surface area contributed by atoms with Crippen LogP contribution in [0.25, 0.3) is 0 Å². The number of aliphatic hydroxyl groups is 1. The second-order valence-electron chi connectivity index (χ2n) is 3.86. The number of carbonyl (C=O) groups is 1. The largest absolute Gasteiger partial charge is 0.442 e.